The first-order chi connectivity index (χ1) is 7.00. The van der Waals surface area contributed by atoms with Crippen LogP contribution in [0.4, 0.5) is 0 Å². The predicted octanol–water partition coefficient (Wildman–Crippen LogP) is 5.80. The van der Waals surface area contributed by atoms with Crippen LogP contribution in [0.15, 0.2) is 0 Å². The van der Waals surface area contributed by atoms with E-state index >= 15 is 0 Å². The van der Waals surface area contributed by atoms with Gasteiger partial charge in [-0.25, -0.2) is 0 Å². The second-order valence-electron chi connectivity index (χ2n) is 8.97. The van der Waals surface area contributed by atoms with E-state index in [1.165, 1.54) is 0 Å². The molecule has 0 aliphatic rings. The van der Waals surface area contributed by atoms with Crippen LogP contribution in [0.25, 0.3) is 0 Å². The molecule has 0 aromatic carbocycles. The second kappa shape index (κ2) is 4.61. The van der Waals surface area contributed by atoms with Gasteiger partial charge in [-0.1, -0.05) is 72.0 Å². The van der Waals surface area contributed by atoms with Crippen LogP contribution < -0.4 is 0 Å². The number of rotatable bonds is 4. The van der Waals surface area contributed by atoms with Gasteiger partial charge in [0.1, 0.15) is 7.38 Å². The minimum absolute atomic E-state index is 0.571. The molecule has 0 N–H and O–H groups in total. The van der Waals surface area contributed by atoms with Gasteiger partial charge in [-0.2, -0.15) is 11.1 Å². The summed E-state index contributed by atoms with van der Waals surface area (Å²) in [5.74, 6) is 0. The zero-order valence-electron chi connectivity index (χ0n) is 13.9. The maximum Gasteiger partial charge on any atom is 0.148 e. The first kappa shape index (κ1) is 18.2. The molecule has 0 saturated heterocycles. The van der Waals surface area contributed by atoms with Gasteiger partial charge in [-0.05, 0) is 3.91 Å². The van der Waals surface area contributed by atoms with Gasteiger partial charge in [0.2, 0.25) is 0 Å². The lowest BCUT2D eigenvalue weighted by Gasteiger charge is -2.64. The average molecular weight is 325 g/mol. The van der Waals surface area contributed by atoms with Crippen LogP contribution in [0.5, 0.6) is 0 Å². The van der Waals surface area contributed by atoms with Crippen LogP contribution in [-0.4, -0.2) is 31.6 Å². The van der Waals surface area contributed by atoms with Gasteiger partial charge >= 0.3 is 0 Å². The van der Waals surface area contributed by atoms with Crippen molar-refractivity contribution in [3.05, 3.63) is 0 Å². The highest BCUT2D eigenvalue weighted by atomic mass is 35.6. The SMILES string of the molecule is C[Si](C)(C)C([Si](C)(C)C)([Si](C)(C)C)[Si](C)(C)Cl. The van der Waals surface area contributed by atoms with E-state index < -0.39 is 31.6 Å². The van der Waals surface area contributed by atoms with Crippen LogP contribution >= 0.6 is 11.1 Å². The third-order valence-electron chi connectivity index (χ3n) is 4.27. The summed E-state index contributed by atoms with van der Waals surface area (Å²) in [6.07, 6.45) is 0. The largest absolute Gasteiger partial charge is 0.168 e. The Labute approximate surface area is 118 Å². The molecule has 0 nitrogen and oxygen atoms in total. The quantitative estimate of drug-likeness (QED) is 0.452. The summed E-state index contributed by atoms with van der Waals surface area (Å²) in [6.45, 7) is 28.0. The Morgan fingerprint density at radius 1 is 0.529 bits per heavy atom. The molecule has 0 unspecified atom stereocenters. The standard InChI is InChI=1S/C12H33ClSi4/c1-14(2,3)12(15(4,5)6,16(7,8)9)17(10,11)13/h1-11H3. The average Bonchev–Trinajstić information content (AvgIpc) is 1.67. The zero-order chi connectivity index (χ0) is 14.5. The van der Waals surface area contributed by atoms with Crippen molar-refractivity contribution >= 4 is 42.7 Å². The van der Waals surface area contributed by atoms with Crippen LogP contribution in [0.3, 0.4) is 0 Å². The van der Waals surface area contributed by atoms with Crippen molar-refractivity contribution in [1.82, 2.24) is 0 Å². The molecule has 0 amide bonds. The third-order valence-corrected chi connectivity index (χ3v) is 41.0. The van der Waals surface area contributed by atoms with E-state index in [0.29, 0.717) is 3.91 Å². The van der Waals surface area contributed by atoms with E-state index in [-0.39, 0.29) is 0 Å². The molecule has 0 aliphatic carbocycles. The smallest absolute Gasteiger partial charge is 0.148 e. The van der Waals surface area contributed by atoms with Crippen molar-refractivity contribution in [2.75, 3.05) is 0 Å². The maximum absolute atomic E-state index is 7.15. The fourth-order valence-electron chi connectivity index (χ4n) is 6.05. The first-order valence-electron chi connectivity index (χ1n) is 6.69. The van der Waals surface area contributed by atoms with E-state index in [4.69, 9.17) is 11.1 Å². The fourth-order valence-corrected chi connectivity index (χ4v) is 62.1. The van der Waals surface area contributed by atoms with Gasteiger partial charge in [0.05, 0.1) is 0 Å². The Balaban J connectivity index is 6.37. The maximum atomic E-state index is 7.15. The highest BCUT2D eigenvalue weighted by Crippen LogP contribution is 2.60. The summed E-state index contributed by atoms with van der Waals surface area (Å²) in [7, 11) is -5.56. The monoisotopic (exact) mass is 324 g/mol. The Morgan fingerprint density at radius 3 is 0.706 bits per heavy atom. The van der Waals surface area contributed by atoms with Crippen molar-refractivity contribution < 1.29 is 0 Å². The zero-order valence-corrected chi connectivity index (χ0v) is 18.6. The minimum atomic E-state index is -1.69. The molecule has 0 bridgehead atoms. The Bertz CT molecular complexity index is 211. The first-order valence-corrected chi connectivity index (χ1v) is 21.2. The molecule has 0 spiro atoms. The van der Waals surface area contributed by atoms with E-state index in [1.54, 1.807) is 0 Å². The number of hydrogen-bond acceptors (Lipinski definition) is 0. The topological polar surface area (TPSA) is 0 Å². The van der Waals surface area contributed by atoms with Crippen molar-refractivity contribution in [2.24, 2.45) is 0 Å². The third kappa shape index (κ3) is 2.86. The van der Waals surface area contributed by atoms with Crippen molar-refractivity contribution in [2.45, 2.75) is 75.9 Å². The van der Waals surface area contributed by atoms with Gasteiger partial charge in [-0.3, -0.25) is 0 Å². The molecule has 0 radical (unpaired) electrons. The van der Waals surface area contributed by atoms with Gasteiger partial charge in [0, 0.05) is 24.2 Å². The molecule has 0 saturated carbocycles. The van der Waals surface area contributed by atoms with Gasteiger partial charge in [-0.15, -0.1) is 0 Å². The van der Waals surface area contributed by atoms with E-state index in [9.17, 15) is 0 Å². The summed E-state index contributed by atoms with van der Waals surface area (Å²) >= 11 is 7.15. The van der Waals surface area contributed by atoms with Crippen LogP contribution in [0.1, 0.15) is 0 Å². The normalized spacial score (nSPS) is 16.2. The molecule has 0 fully saturated rings. The molecule has 0 heterocycles. The molecule has 0 aromatic heterocycles. The fraction of sp³-hybridized carbons (Fsp3) is 1.00. The molecule has 0 atom stereocenters. The van der Waals surface area contributed by atoms with Gasteiger partial charge in [0.25, 0.3) is 0 Å². The van der Waals surface area contributed by atoms with Crippen LogP contribution in [-0.2, 0) is 0 Å². The number of halogens is 1. The molecular formula is C12H33ClSi4. The van der Waals surface area contributed by atoms with Gasteiger partial charge < -0.3 is 0 Å². The molecule has 17 heavy (non-hydrogen) atoms. The summed E-state index contributed by atoms with van der Waals surface area (Å²) in [5, 5.41) is 0. The molecule has 0 rings (SSSR count). The lowest BCUT2D eigenvalue weighted by atomic mass is 11.6. The van der Waals surface area contributed by atoms with Gasteiger partial charge in [0.15, 0.2) is 0 Å². The highest BCUT2D eigenvalue weighted by Gasteiger charge is 2.67. The Morgan fingerprint density at radius 2 is 0.706 bits per heavy atom. The molecule has 5 heteroatoms. The molecule has 0 aliphatic heterocycles. The summed E-state index contributed by atoms with van der Waals surface area (Å²) in [6, 6.07) is 0. The Hall–Kier alpha value is 1.16. The summed E-state index contributed by atoms with van der Waals surface area (Å²) in [5.41, 5.74) is 0. The summed E-state index contributed by atoms with van der Waals surface area (Å²) in [4.78, 5) is 0. The molecule has 104 valence electrons. The van der Waals surface area contributed by atoms with Crippen molar-refractivity contribution in [1.29, 1.82) is 0 Å². The van der Waals surface area contributed by atoms with Crippen LogP contribution in [0, 0.1) is 0 Å². The number of hydrogen-bond donors (Lipinski definition) is 0. The van der Waals surface area contributed by atoms with E-state index in [1.807, 2.05) is 0 Å². The predicted molar refractivity (Wildman–Crippen MR) is 96.1 cm³/mol. The lowest BCUT2D eigenvalue weighted by molar-refractivity contribution is 1.20. The highest BCUT2D eigenvalue weighted by molar-refractivity contribution is 7.41. The van der Waals surface area contributed by atoms with Crippen molar-refractivity contribution in [3.63, 3.8) is 0 Å². The Kier molecular flexibility index (Phi) is 4.93. The van der Waals surface area contributed by atoms with E-state index in [2.05, 4.69) is 72.0 Å². The van der Waals surface area contributed by atoms with Crippen molar-refractivity contribution in [3.8, 4) is 0 Å². The minimum Gasteiger partial charge on any atom is -0.168 e. The second-order valence-corrected chi connectivity index (χ2v) is 34.3. The summed E-state index contributed by atoms with van der Waals surface area (Å²) < 4.78 is 0.571. The molecule has 0 aromatic rings. The lowest BCUT2D eigenvalue weighted by Crippen LogP contribution is -2.74. The van der Waals surface area contributed by atoms with Crippen LogP contribution in [0.2, 0.25) is 75.9 Å². The van der Waals surface area contributed by atoms with E-state index in [0.717, 1.165) is 0 Å². The molecular weight excluding hydrogens is 292 g/mol.